The number of nitrogens with one attached hydrogen (secondary N) is 1. The van der Waals surface area contributed by atoms with Crippen LogP contribution in [0.1, 0.15) is 33.1 Å². The van der Waals surface area contributed by atoms with Crippen LogP contribution in [0.3, 0.4) is 0 Å². The Morgan fingerprint density at radius 2 is 2.20 bits per heavy atom. The molecular weight excluding hydrogens is 268 g/mol. The summed E-state index contributed by atoms with van der Waals surface area (Å²) in [6.07, 6.45) is 7.82. The molecule has 1 atom stereocenters. The number of rotatable bonds is 5. The van der Waals surface area contributed by atoms with Crippen molar-refractivity contribution in [3.63, 3.8) is 0 Å². The zero-order valence-electron chi connectivity index (χ0n) is 12.6. The quantitative estimate of drug-likeness (QED) is 0.790. The van der Waals surface area contributed by atoms with Crippen LogP contribution in [0.25, 0.3) is 0 Å². The highest BCUT2D eigenvalue weighted by atomic mass is 32.2. The number of hydrogen-bond donors (Lipinski definition) is 1. The van der Waals surface area contributed by atoms with Gasteiger partial charge in [0.05, 0.1) is 4.75 Å². The maximum Gasteiger partial charge on any atom is 0.246 e. The van der Waals surface area contributed by atoms with Crippen molar-refractivity contribution in [3.8, 4) is 0 Å². The second kappa shape index (κ2) is 5.72. The summed E-state index contributed by atoms with van der Waals surface area (Å²) in [5.74, 6) is 2.82. The van der Waals surface area contributed by atoms with E-state index in [-0.39, 0.29) is 5.91 Å². The van der Waals surface area contributed by atoms with Gasteiger partial charge in [-0.05, 0) is 43.7 Å². The molecule has 20 heavy (non-hydrogen) atoms. The van der Waals surface area contributed by atoms with Gasteiger partial charge in [0.2, 0.25) is 5.91 Å². The molecule has 0 aromatic heterocycles. The van der Waals surface area contributed by atoms with E-state index in [9.17, 15) is 4.79 Å². The molecule has 3 rings (SSSR count). The minimum absolute atomic E-state index is 0.194. The summed E-state index contributed by atoms with van der Waals surface area (Å²) < 4.78 is 0.364. The maximum absolute atomic E-state index is 12.0. The molecule has 2 saturated heterocycles. The van der Waals surface area contributed by atoms with E-state index in [0.717, 1.165) is 19.0 Å². The molecule has 1 saturated carbocycles. The van der Waals surface area contributed by atoms with Crippen molar-refractivity contribution < 1.29 is 4.79 Å². The Kier molecular flexibility index (Phi) is 4.14. The number of carbonyl (C=O) groups excluding carboxylic acids is 1. The van der Waals surface area contributed by atoms with Crippen LogP contribution in [-0.2, 0) is 4.79 Å². The number of allylic oxidation sites excluding steroid dienone is 1. The molecule has 1 N–H and O–H groups in total. The molecule has 0 aromatic rings. The van der Waals surface area contributed by atoms with Gasteiger partial charge in [-0.2, -0.15) is 0 Å². The zero-order chi connectivity index (χ0) is 14.2. The highest BCUT2D eigenvalue weighted by molar-refractivity contribution is 8.01. The third-order valence-electron chi connectivity index (χ3n) is 4.49. The van der Waals surface area contributed by atoms with Crippen molar-refractivity contribution in [1.29, 1.82) is 0 Å². The summed E-state index contributed by atoms with van der Waals surface area (Å²) in [6.45, 7) is 7.30. The maximum atomic E-state index is 12.0. The number of amides is 1. The van der Waals surface area contributed by atoms with E-state index in [2.05, 4.69) is 30.9 Å². The van der Waals surface area contributed by atoms with Gasteiger partial charge in [-0.25, -0.2) is 0 Å². The average molecular weight is 294 g/mol. The molecule has 1 aliphatic carbocycles. The first-order chi connectivity index (χ1) is 9.56. The van der Waals surface area contributed by atoms with E-state index in [0.29, 0.717) is 16.7 Å². The number of likely N-dealkylation sites (tertiary alicyclic amines) is 1. The second-order valence-corrected chi connectivity index (χ2v) is 8.53. The second-order valence-electron chi connectivity index (χ2n) is 7.04. The average Bonchev–Trinajstić information content (AvgIpc) is 3.10. The van der Waals surface area contributed by atoms with E-state index in [1.807, 2.05) is 11.0 Å². The smallest absolute Gasteiger partial charge is 0.246 e. The summed E-state index contributed by atoms with van der Waals surface area (Å²) in [6, 6.07) is 0.670. The molecule has 0 bridgehead atoms. The lowest BCUT2D eigenvalue weighted by Crippen LogP contribution is -2.60. The lowest BCUT2D eigenvalue weighted by molar-refractivity contribution is -0.131. The fourth-order valence-electron chi connectivity index (χ4n) is 3.04. The molecule has 3 nitrogen and oxygen atoms in total. The van der Waals surface area contributed by atoms with Gasteiger partial charge in [0.1, 0.15) is 0 Å². The standard InChI is InChI=1S/C16H26N2OS/c1-12(2)3-6-15(19)18-10-16(11-18)7-14(9-20-16)17-8-13-4-5-13/h3,6,12-14,17H,4-5,7-11H2,1-2H3/b6-3+. The molecule has 1 amide bonds. The molecular formula is C16H26N2OS. The molecule has 3 aliphatic rings. The summed E-state index contributed by atoms with van der Waals surface area (Å²) in [4.78, 5) is 14.0. The molecule has 0 aromatic carbocycles. The molecule has 2 aliphatic heterocycles. The van der Waals surface area contributed by atoms with Gasteiger partial charge in [-0.3, -0.25) is 4.79 Å². The van der Waals surface area contributed by atoms with Crippen molar-refractivity contribution in [2.24, 2.45) is 11.8 Å². The van der Waals surface area contributed by atoms with Crippen LogP contribution in [0.5, 0.6) is 0 Å². The number of hydrogen-bond acceptors (Lipinski definition) is 3. The Bertz CT molecular complexity index is 397. The van der Waals surface area contributed by atoms with Gasteiger partial charge < -0.3 is 10.2 Å². The summed E-state index contributed by atoms with van der Waals surface area (Å²) in [5, 5.41) is 3.71. The van der Waals surface area contributed by atoms with Crippen LogP contribution >= 0.6 is 11.8 Å². The SMILES string of the molecule is CC(C)/C=C/C(=O)N1CC2(CC(NCC3CC3)CS2)C1. The van der Waals surface area contributed by atoms with Gasteiger partial charge in [0.15, 0.2) is 0 Å². The molecule has 112 valence electrons. The first kappa shape index (κ1) is 14.5. The lowest BCUT2D eigenvalue weighted by Gasteiger charge is -2.47. The van der Waals surface area contributed by atoms with E-state index in [1.165, 1.54) is 31.6 Å². The highest BCUT2D eigenvalue weighted by Crippen LogP contribution is 2.45. The number of thioether (sulfide) groups is 1. The van der Waals surface area contributed by atoms with Gasteiger partial charge in [0.25, 0.3) is 0 Å². The lowest BCUT2D eigenvalue weighted by atomic mass is 9.92. The number of carbonyl (C=O) groups is 1. The minimum Gasteiger partial charge on any atom is -0.336 e. The van der Waals surface area contributed by atoms with Gasteiger partial charge in [-0.15, -0.1) is 11.8 Å². The van der Waals surface area contributed by atoms with E-state index in [4.69, 9.17) is 0 Å². The molecule has 0 radical (unpaired) electrons. The molecule has 4 heteroatoms. The van der Waals surface area contributed by atoms with Crippen LogP contribution in [0.4, 0.5) is 0 Å². The topological polar surface area (TPSA) is 32.3 Å². The molecule has 3 fully saturated rings. The Morgan fingerprint density at radius 1 is 1.45 bits per heavy atom. The zero-order valence-corrected chi connectivity index (χ0v) is 13.4. The Morgan fingerprint density at radius 3 is 2.85 bits per heavy atom. The van der Waals surface area contributed by atoms with Crippen molar-refractivity contribution >= 4 is 17.7 Å². The third kappa shape index (κ3) is 3.40. The minimum atomic E-state index is 0.194. The largest absolute Gasteiger partial charge is 0.336 e. The first-order valence-electron chi connectivity index (χ1n) is 7.91. The summed E-state index contributed by atoms with van der Waals surface area (Å²) in [7, 11) is 0. The Labute approximate surface area is 126 Å². The summed E-state index contributed by atoms with van der Waals surface area (Å²) in [5.41, 5.74) is 0. The van der Waals surface area contributed by atoms with E-state index in [1.54, 1.807) is 6.08 Å². The van der Waals surface area contributed by atoms with Gasteiger partial charge in [0, 0.05) is 24.9 Å². The normalized spacial score (nSPS) is 28.6. The third-order valence-corrected chi connectivity index (χ3v) is 6.10. The van der Waals surface area contributed by atoms with Crippen molar-refractivity contribution in [2.45, 2.75) is 43.9 Å². The van der Waals surface area contributed by atoms with Gasteiger partial charge in [-0.1, -0.05) is 19.9 Å². The highest BCUT2D eigenvalue weighted by Gasteiger charge is 2.50. The fraction of sp³-hybridized carbons (Fsp3) is 0.812. The monoisotopic (exact) mass is 294 g/mol. The van der Waals surface area contributed by atoms with Gasteiger partial charge >= 0.3 is 0 Å². The first-order valence-corrected chi connectivity index (χ1v) is 8.89. The predicted molar refractivity (Wildman–Crippen MR) is 84.9 cm³/mol. The van der Waals surface area contributed by atoms with Crippen molar-refractivity contribution in [3.05, 3.63) is 12.2 Å². The van der Waals surface area contributed by atoms with Crippen LogP contribution in [-0.4, -0.2) is 47.0 Å². The van der Waals surface area contributed by atoms with Crippen molar-refractivity contribution in [2.75, 3.05) is 25.4 Å². The molecule has 2 heterocycles. The summed E-state index contributed by atoms with van der Waals surface area (Å²) >= 11 is 2.08. The van der Waals surface area contributed by atoms with Crippen molar-refractivity contribution in [1.82, 2.24) is 10.2 Å². The number of nitrogens with zero attached hydrogens (tertiary/aromatic N) is 1. The fourth-order valence-corrected chi connectivity index (χ4v) is 4.64. The molecule has 1 unspecified atom stereocenters. The van der Waals surface area contributed by atoms with E-state index < -0.39 is 0 Å². The van der Waals surface area contributed by atoms with Crippen LogP contribution in [0.2, 0.25) is 0 Å². The van der Waals surface area contributed by atoms with Crippen LogP contribution in [0, 0.1) is 11.8 Å². The Hall–Kier alpha value is -0.480. The Balaban J connectivity index is 1.41. The van der Waals surface area contributed by atoms with E-state index >= 15 is 0 Å². The molecule has 1 spiro atoms. The predicted octanol–water partition coefficient (Wildman–Crippen LogP) is 2.28. The van der Waals surface area contributed by atoms with Crippen LogP contribution < -0.4 is 5.32 Å². The van der Waals surface area contributed by atoms with Crippen LogP contribution in [0.15, 0.2) is 12.2 Å².